The van der Waals surface area contributed by atoms with Crippen LogP contribution in [0.3, 0.4) is 0 Å². The molecule has 0 bridgehead atoms. The van der Waals surface area contributed by atoms with Crippen molar-refractivity contribution in [3.63, 3.8) is 0 Å². The molecule has 4 heteroatoms. The number of rotatable bonds is 6. The monoisotopic (exact) mass is 329 g/mol. The Hall–Kier alpha value is -0.730. The van der Waals surface area contributed by atoms with E-state index in [1.54, 1.807) is 6.07 Å². The third kappa shape index (κ3) is 6.71. The van der Waals surface area contributed by atoms with E-state index >= 15 is 0 Å². The second-order valence-electron chi connectivity index (χ2n) is 6.65. The lowest BCUT2D eigenvalue weighted by atomic mass is 9.91. The van der Waals surface area contributed by atoms with Gasteiger partial charge in [-0.05, 0) is 29.5 Å². The molecule has 0 N–H and O–H groups in total. The number of unbranched alkanes of at least 4 members (excludes halogenated alkanes) is 1. The van der Waals surface area contributed by atoms with E-state index in [0.29, 0.717) is 23.0 Å². The normalized spacial score (nSPS) is 11.5. The SMILES string of the molecule is CCCCN(Cc1ccc(Cl)c(Cl)c1)C(=O)CC(C)(C)C. The molecule has 0 radical (unpaired) electrons. The Morgan fingerprint density at radius 3 is 2.38 bits per heavy atom. The highest BCUT2D eigenvalue weighted by molar-refractivity contribution is 6.42. The molecule has 0 spiro atoms. The van der Waals surface area contributed by atoms with Gasteiger partial charge in [0.25, 0.3) is 0 Å². The first-order valence-electron chi connectivity index (χ1n) is 7.44. The first-order chi connectivity index (χ1) is 9.73. The summed E-state index contributed by atoms with van der Waals surface area (Å²) in [6.07, 6.45) is 2.63. The van der Waals surface area contributed by atoms with Crippen molar-refractivity contribution in [1.29, 1.82) is 0 Å². The Morgan fingerprint density at radius 2 is 1.86 bits per heavy atom. The molecular formula is C17H25Cl2NO. The number of carbonyl (C=O) groups excluding carboxylic acids is 1. The Bertz CT molecular complexity index is 480. The van der Waals surface area contributed by atoms with Crippen LogP contribution in [0, 0.1) is 5.41 Å². The number of benzene rings is 1. The van der Waals surface area contributed by atoms with Crippen LogP contribution in [0.2, 0.25) is 10.0 Å². The summed E-state index contributed by atoms with van der Waals surface area (Å²) in [5.41, 5.74) is 1.02. The first kappa shape index (κ1) is 18.3. The molecule has 1 amide bonds. The zero-order valence-electron chi connectivity index (χ0n) is 13.4. The molecular weight excluding hydrogens is 305 g/mol. The minimum Gasteiger partial charge on any atom is -0.338 e. The average molecular weight is 330 g/mol. The molecule has 1 aromatic rings. The van der Waals surface area contributed by atoms with Crippen LogP contribution in [0.15, 0.2) is 18.2 Å². The molecule has 0 unspecified atom stereocenters. The second kappa shape index (κ2) is 8.05. The number of amides is 1. The smallest absolute Gasteiger partial charge is 0.223 e. The quantitative estimate of drug-likeness (QED) is 0.669. The lowest BCUT2D eigenvalue weighted by Gasteiger charge is -2.27. The number of nitrogens with zero attached hydrogens (tertiary/aromatic N) is 1. The Morgan fingerprint density at radius 1 is 1.19 bits per heavy atom. The van der Waals surface area contributed by atoms with Gasteiger partial charge >= 0.3 is 0 Å². The van der Waals surface area contributed by atoms with Gasteiger partial charge < -0.3 is 4.90 Å². The molecule has 0 aliphatic carbocycles. The van der Waals surface area contributed by atoms with Crippen molar-refractivity contribution in [2.75, 3.05) is 6.54 Å². The van der Waals surface area contributed by atoms with Crippen molar-refractivity contribution >= 4 is 29.1 Å². The van der Waals surface area contributed by atoms with Crippen LogP contribution in [-0.2, 0) is 11.3 Å². The van der Waals surface area contributed by atoms with Gasteiger partial charge in [-0.15, -0.1) is 0 Å². The van der Waals surface area contributed by atoms with Crippen molar-refractivity contribution in [3.05, 3.63) is 33.8 Å². The van der Waals surface area contributed by atoms with Crippen molar-refractivity contribution in [2.45, 2.75) is 53.5 Å². The molecule has 1 rings (SSSR count). The van der Waals surface area contributed by atoms with Gasteiger partial charge in [-0.2, -0.15) is 0 Å². The van der Waals surface area contributed by atoms with Crippen LogP contribution in [0.25, 0.3) is 0 Å². The van der Waals surface area contributed by atoms with Crippen LogP contribution in [0.1, 0.15) is 52.5 Å². The summed E-state index contributed by atoms with van der Waals surface area (Å²) < 4.78 is 0. The Labute approximate surface area is 138 Å². The Kier molecular flexibility index (Phi) is 7.02. The lowest BCUT2D eigenvalue weighted by molar-refractivity contribution is -0.133. The van der Waals surface area contributed by atoms with Gasteiger partial charge in [0, 0.05) is 19.5 Å². The van der Waals surface area contributed by atoms with E-state index in [-0.39, 0.29) is 11.3 Å². The zero-order valence-corrected chi connectivity index (χ0v) is 14.9. The third-order valence-corrected chi connectivity index (χ3v) is 3.91. The van der Waals surface area contributed by atoms with Gasteiger partial charge in [-0.25, -0.2) is 0 Å². The highest BCUT2D eigenvalue weighted by Gasteiger charge is 2.21. The van der Waals surface area contributed by atoms with Crippen LogP contribution in [0.4, 0.5) is 0 Å². The van der Waals surface area contributed by atoms with Gasteiger partial charge in [0.05, 0.1) is 10.0 Å². The van der Waals surface area contributed by atoms with Crippen LogP contribution < -0.4 is 0 Å². The molecule has 1 aromatic carbocycles. The van der Waals surface area contributed by atoms with Crippen molar-refractivity contribution < 1.29 is 4.79 Å². The zero-order chi connectivity index (χ0) is 16.0. The summed E-state index contributed by atoms with van der Waals surface area (Å²) in [5.74, 6) is 0.196. The summed E-state index contributed by atoms with van der Waals surface area (Å²) in [7, 11) is 0. The fourth-order valence-electron chi connectivity index (χ4n) is 2.06. The van der Waals surface area contributed by atoms with Gasteiger partial charge in [-0.1, -0.05) is 63.4 Å². The molecule has 0 saturated carbocycles. The number of carbonyl (C=O) groups is 1. The maximum absolute atomic E-state index is 12.5. The molecule has 2 nitrogen and oxygen atoms in total. The number of halogens is 2. The molecule has 0 aliphatic rings. The summed E-state index contributed by atoms with van der Waals surface area (Å²) in [4.78, 5) is 14.4. The molecule has 0 fully saturated rings. The van der Waals surface area contributed by atoms with E-state index in [1.807, 2.05) is 17.0 Å². The number of hydrogen-bond acceptors (Lipinski definition) is 1. The number of hydrogen-bond donors (Lipinski definition) is 0. The summed E-state index contributed by atoms with van der Waals surface area (Å²) in [6.45, 7) is 9.76. The third-order valence-electron chi connectivity index (χ3n) is 3.17. The van der Waals surface area contributed by atoms with E-state index in [9.17, 15) is 4.79 Å². The second-order valence-corrected chi connectivity index (χ2v) is 7.47. The summed E-state index contributed by atoms with van der Waals surface area (Å²) in [6, 6.07) is 5.55. The van der Waals surface area contributed by atoms with E-state index in [4.69, 9.17) is 23.2 Å². The van der Waals surface area contributed by atoms with E-state index in [1.165, 1.54) is 0 Å². The van der Waals surface area contributed by atoms with Crippen molar-refractivity contribution in [2.24, 2.45) is 5.41 Å². The maximum Gasteiger partial charge on any atom is 0.223 e. The van der Waals surface area contributed by atoms with Gasteiger partial charge in [0.15, 0.2) is 0 Å². The first-order valence-corrected chi connectivity index (χ1v) is 8.20. The van der Waals surface area contributed by atoms with Crippen LogP contribution in [0.5, 0.6) is 0 Å². The minimum atomic E-state index is -0.000805. The lowest BCUT2D eigenvalue weighted by Crippen LogP contribution is -2.34. The maximum atomic E-state index is 12.5. The molecule has 118 valence electrons. The summed E-state index contributed by atoms with van der Waals surface area (Å²) >= 11 is 12.0. The highest BCUT2D eigenvalue weighted by atomic mass is 35.5. The molecule has 0 saturated heterocycles. The average Bonchev–Trinajstić information content (AvgIpc) is 2.36. The van der Waals surface area contributed by atoms with E-state index < -0.39 is 0 Å². The summed E-state index contributed by atoms with van der Waals surface area (Å²) in [5, 5.41) is 1.08. The van der Waals surface area contributed by atoms with Crippen molar-refractivity contribution in [1.82, 2.24) is 4.90 Å². The van der Waals surface area contributed by atoms with E-state index in [2.05, 4.69) is 27.7 Å². The minimum absolute atomic E-state index is 0.000805. The van der Waals surface area contributed by atoms with Gasteiger partial charge in [-0.3, -0.25) is 4.79 Å². The molecule has 0 aliphatic heterocycles. The fourth-order valence-corrected chi connectivity index (χ4v) is 2.39. The van der Waals surface area contributed by atoms with Crippen LogP contribution in [-0.4, -0.2) is 17.4 Å². The van der Waals surface area contributed by atoms with E-state index in [0.717, 1.165) is 24.9 Å². The largest absolute Gasteiger partial charge is 0.338 e. The fraction of sp³-hybridized carbons (Fsp3) is 0.588. The highest BCUT2D eigenvalue weighted by Crippen LogP contribution is 2.25. The van der Waals surface area contributed by atoms with Gasteiger partial charge in [0.1, 0.15) is 0 Å². The Balaban J connectivity index is 2.81. The molecule has 0 aromatic heterocycles. The molecule has 0 atom stereocenters. The van der Waals surface area contributed by atoms with Crippen LogP contribution >= 0.6 is 23.2 Å². The van der Waals surface area contributed by atoms with Gasteiger partial charge in [0.2, 0.25) is 5.91 Å². The molecule has 0 heterocycles. The standard InChI is InChI=1S/C17H25Cl2NO/c1-5-6-9-20(16(21)11-17(2,3)4)12-13-7-8-14(18)15(19)10-13/h7-8,10H,5-6,9,11-12H2,1-4H3. The predicted octanol–water partition coefficient (Wildman–Crippen LogP) is 5.56. The molecule has 21 heavy (non-hydrogen) atoms. The topological polar surface area (TPSA) is 20.3 Å². The van der Waals surface area contributed by atoms with Crippen molar-refractivity contribution in [3.8, 4) is 0 Å². The predicted molar refractivity (Wildman–Crippen MR) is 90.9 cm³/mol.